The molecule has 0 saturated carbocycles. The zero-order valence-electron chi connectivity index (χ0n) is 13.4. The Bertz CT molecular complexity index is 713. The number of rotatable bonds is 4. The Morgan fingerprint density at radius 3 is 2.29 bits per heavy atom. The van der Waals surface area contributed by atoms with Crippen LogP contribution in [-0.4, -0.2) is 29.3 Å². The first kappa shape index (κ1) is 16.1. The van der Waals surface area contributed by atoms with Crippen LogP contribution < -0.4 is 10.5 Å². The lowest BCUT2D eigenvalue weighted by molar-refractivity contribution is -0.123. The fraction of sp³-hybridized carbons (Fsp3) is 0.263. The molecule has 5 heteroatoms. The number of nitrogens with zero attached hydrogens (tertiary/aromatic N) is 1. The van der Waals surface area contributed by atoms with E-state index in [0.29, 0.717) is 24.3 Å². The van der Waals surface area contributed by atoms with Gasteiger partial charge in [0.15, 0.2) is 0 Å². The van der Waals surface area contributed by atoms with Crippen LogP contribution >= 0.6 is 0 Å². The van der Waals surface area contributed by atoms with Crippen molar-refractivity contribution in [2.75, 3.05) is 6.54 Å². The van der Waals surface area contributed by atoms with Gasteiger partial charge >= 0.3 is 0 Å². The molecule has 1 saturated heterocycles. The van der Waals surface area contributed by atoms with Crippen molar-refractivity contribution in [2.45, 2.75) is 25.3 Å². The highest BCUT2D eigenvalue weighted by molar-refractivity contribution is 5.97. The first-order valence-corrected chi connectivity index (χ1v) is 8.08. The van der Waals surface area contributed by atoms with Crippen LogP contribution in [0.1, 0.15) is 29.6 Å². The lowest BCUT2D eigenvalue weighted by Gasteiger charge is -2.33. The number of piperidine rings is 1. The van der Waals surface area contributed by atoms with Gasteiger partial charge in [-0.15, -0.1) is 0 Å². The molecule has 5 nitrogen and oxygen atoms in total. The lowest BCUT2D eigenvalue weighted by atomic mass is 10.0. The Morgan fingerprint density at radius 1 is 0.958 bits per heavy atom. The maximum atomic E-state index is 12.7. The minimum absolute atomic E-state index is 0.162. The molecule has 0 aliphatic carbocycles. The molecule has 1 heterocycles. The summed E-state index contributed by atoms with van der Waals surface area (Å²) in [6, 6.07) is 15.9. The molecule has 24 heavy (non-hydrogen) atoms. The molecular formula is C19H20N2O3. The van der Waals surface area contributed by atoms with E-state index in [1.807, 2.05) is 30.3 Å². The van der Waals surface area contributed by atoms with Crippen molar-refractivity contribution in [2.24, 2.45) is 5.73 Å². The van der Waals surface area contributed by atoms with Crippen LogP contribution in [0.3, 0.4) is 0 Å². The van der Waals surface area contributed by atoms with E-state index in [4.69, 9.17) is 10.5 Å². The van der Waals surface area contributed by atoms with E-state index >= 15 is 0 Å². The quantitative estimate of drug-likeness (QED) is 0.940. The van der Waals surface area contributed by atoms with Crippen LogP contribution in [0.5, 0.6) is 11.5 Å². The Morgan fingerprint density at radius 2 is 1.62 bits per heavy atom. The van der Waals surface area contributed by atoms with Crippen LogP contribution in [0.15, 0.2) is 54.6 Å². The fourth-order valence-electron chi connectivity index (χ4n) is 2.93. The molecule has 1 aliphatic rings. The molecule has 0 spiro atoms. The number of ether oxygens (including phenoxy) is 1. The standard InChI is InChI=1S/C19H20N2O3/c20-18(22)17-8-4-5-13-21(17)19(23)14-9-11-16(12-10-14)24-15-6-2-1-3-7-15/h1-3,6-7,9-12,17H,4-5,8,13H2,(H2,20,22). The summed E-state index contributed by atoms with van der Waals surface area (Å²) in [5.74, 6) is 0.793. The van der Waals surface area contributed by atoms with E-state index < -0.39 is 11.9 Å². The Balaban J connectivity index is 1.72. The van der Waals surface area contributed by atoms with Crippen LogP contribution in [0.25, 0.3) is 0 Å². The second kappa shape index (κ2) is 7.17. The van der Waals surface area contributed by atoms with E-state index in [1.54, 1.807) is 29.2 Å². The SMILES string of the molecule is NC(=O)C1CCCCN1C(=O)c1ccc(Oc2ccccc2)cc1. The molecule has 0 radical (unpaired) electrons. The van der Waals surface area contributed by atoms with Gasteiger partial charge < -0.3 is 15.4 Å². The van der Waals surface area contributed by atoms with Crippen molar-refractivity contribution in [1.29, 1.82) is 0 Å². The van der Waals surface area contributed by atoms with Gasteiger partial charge in [0.1, 0.15) is 17.5 Å². The van der Waals surface area contributed by atoms with Gasteiger partial charge in [-0.1, -0.05) is 18.2 Å². The van der Waals surface area contributed by atoms with Gasteiger partial charge in [0, 0.05) is 12.1 Å². The average molecular weight is 324 g/mol. The van der Waals surface area contributed by atoms with Crippen LogP contribution in [0.2, 0.25) is 0 Å². The largest absolute Gasteiger partial charge is 0.457 e. The second-order valence-electron chi connectivity index (χ2n) is 5.85. The summed E-state index contributed by atoms with van der Waals surface area (Å²) in [7, 11) is 0. The number of hydrogen-bond acceptors (Lipinski definition) is 3. The number of carbonyl (C=O) groups excluding carboxylic acids is 2. The summed E-state index contributed by atoms with van der Waals surface area (Å²) < 4.78 is 5.72. The minimum Gasteiger partial charge on any atom is -0.457 e. The first-order valence-electron chi connectivity index (χ1n) is 8.08. The van der Waals surface area contributed by atoms with Crippen molar-refractivity contribution >= 4 is 11.8 Å². The number of para-hydroxylation sites is 1. The number of primary amides is 1. The zero-order chi connectivity index (χ0) is 16.9. The Labute approximate surface area is 141 Å². The molecule has 2 aromatic rings. The van der Waals surface area contributed by atoms with Crippen LogP contribution in [0.4, 0.5) is 0 Å². The smallest absolute Gasteiger partial charge is 0.254 e. The lowest BCUT2D eigenvalue weighted by Crippen LogP contribution is -2.50. The molecule has 1 aliphatic heterocycles. The molecule has 3 rings (SSSR count). The van der Waals surface area contributed by atoms with Crippen molar-refractivity contribution in [3.05, 3.63) is 60.2 Å². The third-order valence-electron chi connectivity index (χ3n) is 4.17. The van der Waals surface area contributed by atoms with Gasteiger partial charge in [-0.3, -0.25) is 9.59 Å². The number of benzene rings is 2. The second-order valence-corrected chi connectivity index (χ2v) is 5.85. The molecule has 2 aromatic carbocycles. The average Bonchev–Trinajstić information content (AvgIpc) is 2.62. The van der Waals surface area contributed by atoms with Gasteiger partial charge in [-0.05, 0) is 55.7 Å². The summed E-state index contributed by atoms with van der Waals surface area (Å²) in [5, 5.41) is 0. The van der Waals surface area contributed by atoms with Gasteiger partial charge in [0.05, 0.1) is 0 Å². The summed E-state index contributed by atoms with van der Waals surface area (Å²) in [6.07, 6.45) is 2.45. The highest BCUT2D eigenvalue weighted by Gasteiger charge is 2.31. The number of hydrogen-bond donors (Lipinski definition) is 1. The normalized spacial score (nSPS) is 17.3. The third-order valence-corrected chi connectivity index (χ3v) is 4.17. The zero-order valence-corrected chi connectivity index (χ0v) is 13.4. The number of likely N-dealkylation sites (tertiary alicyclic amines) is 1. The molecule has 2 N–H and O–H groups in total. The van der Waals surface area contributed by atoms with Gasteiger partial charge in [-0.2, -0.15) is 0 Å². The third kappa shape index (κ3) is 3.56. The predicted molar refractivity (Wildman–Crippen MR) is 90.8 cm³/mol. The Kier molecular flexibility index (Phi) is 4.79. The predicted octanol–water partition coefficient (Wildman–Crippen LogP) is 2.96. The minimum atomic E-state index is -0.508. The summed E-state index contributed by atoms with van der Waals surface area (Å²) >= 11 is 0. The van der Waals surface area contributed by atoms with Gasteiger partial charge in [0.2, 0.25) is 5.91 Å². The monoisotopic (exact) mass is 324 g/mol. The molecule has 1 unspecified atom stereocenters. The highest BCUT2D eigenvalue weighted by atomic mass is 16.5. The molecule has 124 valence electrons. The van der Waals surface area contributed by atoms with Crippen LogP contribution in [0, 0.1) is 0 Å². The van der Waals surface area contributed by atoms with E-state index in [0.717, 1.165) is 18.6 Å². The maximum Gasteiger partial charge on any atom is 0.254 e. The van der Waals surface area contributed by atoms with E-state index in [-0.39, 0.29) is 5.91 Å². The van der Waals surface area contributed by atoms with Gasteiger partial charge in [0.25, 0.3) is 5.91 Å². The molecular weight excluding hydrogens is 304 g/mol. The molecule has 1 atom stereocenters. The van der Waals surface area contributed by atoms with Crippen molar-refractivity contribution in [3.63, 3.8) is 0 Å². The molecule has 0 bridgehead atoms. The van der Waals surface area contributed by atoms with Crippen LogP contribution in [-0.2, 0) is 4.79 Å². The summed E-state index contributed by atoms with van der Waals surface area (Å²) in [6.45, 7) is 0.564. The fourth-order valence-corrected chi connectivity index (χ4v) is 2.93. The van der Waals surface area contributed by atoms with E-state index in [2.05, 4.69) is 0 Å². The van der Waals surface area contributed by atoms with Crippen molar-refractivity contribution in [1.82, 2.24) is 4.90 Å². The van der Waals surface area contributed by atoms with Crippen molar-refractivity contribution in [3.8, 4) is 11.5 Å². The van der Waals surface area contributed by atoms with E-state index in [1.165, 1.54) is 0 Å². The topological polar surface area (TPSA) is 72.6 Å². The summed E-state index contributed by atoms with van der Waals surface area (Å²) in [4.78, 5) is 25.8. The molecule has 0 aromatic heterocycles. The Hall–Kier alpha value is -2.82. The van der Waals surface area contributed by atoms with E-state index in [9.17, 15) is 9.59 Å². The first-order chi connectivity index (χ1) is 11.6. The van der Waals surface area contributed by atoms with Gasteiger partial charge in [-0.25, -0.2) is 0 Å². The molecule has 2 amide bonds. The number of nitrogens with two attached hydrogens (primary N) is 1. The molecule has 1 fully saturated rings. The number of amides is 2. The summed E-state index contributed by atoms with van der Waals surface area (Å²) in [5.41, 5.74) is 5.96. The van der Waals surface area contributed by atoms with Crippen molar-refractivity contribution < 1.29 is 14.3 Å². The highest BCUT2D eigenvalue weighted by Crippen LogP contribution is 2.23. The number of carbonyl (C=O) groups is 2. The maximum absolute atomic E-state index is 12.7.